The lowest BCUT2D eigenvalue weighted by molar-refractivity contribution is -0.137. The van der Waals surface area contributed by atoms with Crippen molar-refractivity contribution < 1.29 is 9.90 Å². The minimum atomic E-state index is -0.751. The summed E-state index contributed by atoms with van der Waals surface area (Å²) < 4.78 is 0.230. The summed E-state index contributed by atoms with van der Waals surface area (Å²) in [6.45, 7) is 11.7. The Morgan fingerprint density at radius 2 is 1.77 bits per heavy atom. The minimum absolute atomic E-state index is 0.114. The Labute approximate surface area is 215 Å². The van der Waals surface area contributed by atoms with E-state index in [0.717, 1.165) is 36.9 Å². The van der Waals surface area contributed by atoms with Gasteiger partial charge in [-0.3, -0.25) is 4.79 Å². The number of benzene rings is 1. The van der Waals surface area contributed by atoms with Gasteiger partial charge in [0.15, 0.2) is 0 Å². The van der Waals surface area contributed by atoms with Crippen molar-refractivity contribution in [2.75, 3.05) is 0 Å². The van der Waals surface area contributed by atoms with E-state index in [-0.39, 0.29) is 16.6 Å². The third kappa shape index (κ3) is 8.10. The number of carboxylic acids is 1. The first-order valence-electron chi connectivity index (χ1n) is 13.0. The zero-order chi connectivity index (χ0) is 25.5. The second-order valence-corrected chi connectivity index (χ2v) is 12.7. The molecule has 0 bridgehead atoms. The van der Waals surface area contributed by atoms with Gasteiger partial charge in [-0.25, -0.2) is 0 Å². The van der Waals surface area contributed by atoms with E-state index in [1.807, 2.05) is 23.9 Å². The number of nitrogens with zero attached hydrogens (tertiary/aromatic N) is 2. The van der Waals surface area contributed by atoms with E-state index in [9.17, 15) is 4.79 Å². The number of thioether (sulfide) groups is 1. The molecule has 188 valence electrons. The third-order valence-electron chi connectivity index (χ3n) is 6.61. The third-order valence-corrected chi connectivity index (χ3v) is 7.86. The molecule has 0 spiro atoms. The zero-order valence-corrected chi connectivity index (χ0v) is 22.9. The van der Waals surface area contributed by atoms with E-state index in [2.05, 4.69) is 68.8 Å². The van der Waals surface area contributed by atoms with Crippen LogP contribution in [-0.2, 0) is 23.1 Å². The van der Waals surface area contributed by atoms with Gasteiger partial charge in [0, 0.05) is 21.6 Å². The quantitative estimate of drug-likeness (QED) is 0.277. The van der Waals surface area contributed by atoms with E-state index in [1.165, 1.54) is 41.7 Å². The van der Waals surface area contributed by atoms with Crippen LogP contribution in [0.1, 0.15) is 114 Å². The normalized spacial score (nSPS) is 15.7. The van der Waals surface area contributed by atoms with Gasteiger partial charge >= 0.3 is 5.97 Å². The molecule has 0 unspecified atom stereocenters. The highest BCUT2D eigenvalue weighted by molar-refractivity contribution is 8.00. The molecule has 1 aromatic heterocycles. The number of carbonyl (C=O) groups is 1. The van der Waals surface area contributed by atoms with Gasteiger partial charge < -0.3 is 5.11 Å². The topological polar surface area (TPSA) is 63.1 Å². The molecule has 0 radical (unpaired) electrons. The van der Waals surface area contributed by atoms with Crippen molar-refractivity contribution in [1.82, 2.24) is 10.2 Å². The van der Waals surface area contributed by atoms with Crippen LogP contribution in [0.3, 0.4) is 0 Å². The van der Waals surface area contributed by atoms with Crippen molar-refractivity contribution in [1.29, 1.82) is 0 Å². The Balaban J connectivity index is 1.82. The Morgan fingerprint density at radius 1 is 1.00 bits per heavy atom. The van der Waals surface area contributed by atoms with Crippen molar-refractivity contribution in [3.05, 3.63) is 52.3 Å². The predicted octanol–water partition coefficient (Wildman–Crippen LogP) is 7.35. The Kier molecular flexibility index (Phi) is 9.41. The maximum Gasteiger partial charge on any atom is 0.303 e. The summed E-state index contributed by atoms with van der Waals surface area (Å²) in [4.78, 5) is 12.1. The summed E-state index contributed by atoms with van der Waals surface area (Å²) in [5, 5.41) is 17.4. The standard InChI is InChI=1S/C30H40N2O2S/c1-6-7-8-9-12-22-20-27-26(29(2,3)21-30(4,5)35-27)19-23(22)15-16-25-18-17-24(31-32-25)13-10-11-14-28(33)34/h17-20H,6-14,21H2,1-5H3,(H,33,34). The molecule has 1 aliphatic rings. The molecule has 35 heavy (non-hydrogen) atoms. The molecule has 4 nitrogen and oxygen atoms in total. The summed E-state index contributed by atoms with van der Waals surface area (Å²) in [5.41, 5.74) is 5.54. The van der Waals surface area contributed by atoms with Gasteiger partial charge in [0.05, 0.1) is 5.69 Å². The van der Waals surface area contributed by atoms with Gasteiger partial charge in [0.1, 0.15) is 5.69 Å². The molecule has 1 aliphatic heterocycles. The molecule has 3 rings (SSSR count). The summed E-state index contributed by atoms with van der Waals surface area (Å²) in [5.74, 6) is 5.94. The highest BCUT2D eigenvalue weighted by Crippen LogP contribution is 2.51. The molecule has 0 amide bonds. The Morgan fingerprint density at radius 3 is 2.46 bits per heavy atom. The molecule has 2 aromatic rings. The van der Waals surface area contributed by atoms with E-state index >= 15 is 0 Å². The largest absolute Gasteiger partial charge is 0.481 e. The first-order valence-corrected chi connectivity index (χ1v) is 13.8. The number of hydrogen-bond acceptors (Lipinski definition) is 4. The first kappa shape index (κ1) is 27.3. The molecule has 0 saturated carbocycles. The van der Waals surface area contributed by atoms with Gasteiger partial charge in [-0.15, -0.1) is 16.9 Å². The number of fused-ring (bicyclic) bond motifs is 1. The van der Waals surface area contributed by atoms with E-state index in [1.54, 1.807) is 0 Å². The van der Waals surface area contributed by atoms with Crippen molar-refractivity contribution in [2.45, 2.75) is 114 Å². The molecule has 1 aromatic carbocycles. The molecular formula is C30H40N2O2S. The molecule has 0 atom stereocenters. The number of aliphatic carboxylic acids is 1. The smallest absolute Gasteiger partial charge is 0.303 e. The second-order valence-electron chi connectivity index (χ2n) is 11.0. The van der Waals surface area contributed by atoms with Crippen molar-refractivity contribution in [3.8, 4) is 11.8 Å². The predicted molar refractivity (Wildman–Crippen MR) is 145 cm³/mol. The van der Waals surface area contributed by atoms with Gasteiger partial charge in [-0.05, 0) is 85.3 Å². The SMILES string of the molecule is CCCCCCc1cc2c(cc1C#Cc1ccc(CCCCC(=O)O)nn1)C(C)(C)CC(C)(C)S2. The maximum atomic E-state index is 10.7. The number of rotatable bonds is 10. The number of aromatic nitrogens is 2. The molecule has 2 heterocycles. The minimum Gasteiger partial charge on any atom is -0.481 e. The van der Waals surface area contributed by atoms with Crippen LogP contribution in [0.15, 0.2) is 29.2 Å². The molecule has 0 aliphatic carbocycles. The van der Waals surface area contributed by atoms with Gasteiger partial charge in [0.25, 0.3) is 0 Å². The first-order chi connectivity index (χ1) is 16.6. The fourth-order valence-electron chi connectivity index (χ4n) is 5.07. The highest BCUT2D eigenvalue weighted by atomic mass is 32.2. The van der Waals surface area contributed by atoms with Crippen LogP contribution in [0.2, 0.25) is 0 Å². The lowest BCUT2D eigenvalue weighted by Crippen LogP contribution is -2.33. The number of unbranched alkanes of at least 4 members (excludes halogenated alkanes) is 4. The number of hydrogen-bond donors (Lipinski definition) is 1. The second kappa shape index (κ2) is 12.1. The summed E-state index contributed by atoms with van der Waals surface area (Å²) in [6, 6.07) is 8.63. The van der Waals surface area contributed by atoms with Crippen LogP contribution < -0.4 is 0 Å². The van der Waals surface area contributed by atoms with E-state index in [4.69, 9.17) is 5.11 Å². The van der Waals surface area contributed by atoms with Crippen LogP contribution in [0.5, 0.6) is 0 Å². The van der Waals surface area contributed by atoms with Gasteiger partial charge in [-0.2, -0.15) is 5.10 Å². The number of carboxylic acid groups (broad SMARTS) is 1. The molecule has 5 heteroatoms. The van der Waals surface area contributed by atoms with Crippen molar-refractivity contribution in [3.63, 3.8) is 0 Å². The molecule has 0 saturated heterocycles. The van der Waals surface area contributed by atoms with Crippen LogP contribution in [-0.4, -0.2) is 26.0 Å². The average Bonchev–Trinajstić information content (AvgIpc) is 2.77. The fourth-order valence-corrected chi connectivity index (χ4v) is 6.74. The maximum absolute atomic E-state index is 10.7. The molecular weight excluding hydrogens is 452 g/mol. The summed E-state index contributed by atoms with van der Waals surface area (Å²) in [7, 11) is 0. The fraction of sp³-hybridized carbons (Fsp3) is 0.567. The Hall–Kier alpha value is -2.32. The molecule has 1 N–H and O–H groups in total. The summed E-state index contributed by atoms with van der Waals surface area (Å²) >= 11 is 2.01. The van der Waals surface area contributed by atoms with Gasteiger partial charge in [-0.1, -0.05) is 59.8 Å². The van der Waals surface area contributed by atoms with Gasteiger partial charge in [0.2, 0.25) is 0 Å². The molecule has 0 fully saturated rings. The van der Waals surface area contributed by atoms with Crippen LogP contribution in [0.25, 0.3) is 0 Å². The number of aryl methyl sites for hydroxylation is 2. The lowest BCUT2D eigenvalue weighted by atomic mass is 9.76. The average molecular weight is 493 g/mol. The van der Waals surface area contributed by atoms with E-state index in [0.29, 0.717) is 12.1 Å². The Bertz CT molecular complexity index is 1080. The van der Waals surface area contributed by atoms with Crippen molar-refractivity contribution in [2.24, 2.45) is 0 Å². The highest BCUT2D eigenvalue weighted by Gasteiger charge is 2.38. The monoisotopic (exact) mass is 492 g/mol. The van der Waals surface area contributed by atoms with Crippen LogP contribution in [0.4, 0.5) is 0 Å². The van der Waals surface area contributed by atoms with E-state index < -0.39 is 5.97 Å². The zero-order valence-electron chi connectivity index (χ0n) is 22.0. The summed E-state index contributed by atoms with van der Waals surface area (Å²) in [6.07, 6.45) is 9.55. The van der Waals surface area contributed by atoms with Crippen LogP contribution in [0, 0.1) is 11.8 Å². The van der Waals surface area contributed by atoms with Crippen molar-refractivity contribution >= 4 is 17.7 Å². The lowest BCUT2D eigenvalue weighted by Gasteiger charge is -2.42. The van der Waals surface area contributed by atoms with Crippen LogP contribution >= 0.6 is 11.8 Å².